The van der Waals surface area contributed by atoms with Gasteiger partial charge in [-0.25, -0.2) is 18.1 Å². The number of nitrogens with zero attached hydrogens (tertiary/aromatic N) is 1. The van der Waals surface area contributed by atoms with Crippen molar-refractivity contribution in [3.8, 4) is 0 Å². The molecule has 0 unspecified atom stereocenters. The van der Waals surface area contributed by atoms with Crippen molar-refractivity contribution in [1.29, 1.82) is 0 Å². The smallest absolute Gasteiger partial charge is 0.208 e. The monoisotopic (exact) mass is 281 g/mol. The molecule has 0 aliphatic rings. The van der Waals surface area contributed by atoms with Crippen LogP contribution in [0.2, 0.25) is 0 Å². The summed E-state index contributed by atoms with van der Waals surface area (Å²) < 4.78 is 24.5. The molecule has 2 rings (SSSR count). The summed E-state index contributed by atoms with van der Waals surface area (Å²) in [5, 5.41) is 0. The first-order valence-electron chi connectivity index (χ1n) is 6.28. The molecule has 6 heteroatoms. The van der Waals surface area contributed by atoms with Crippen molar-refractivity contribution in [2.75, 3.05) is 12.8 Å². The summed E-state index contributed by atoms with van der Waals surface area (Å²) in [6.45, 7) is 4.60. The standard InChI is InChI=1S/C13H19N3O2S/c1-9(2)13-15-11-5-4-10(8-12(11)16-13)6-7-14-19(3,17)18/h4-5,8-9,14H,6-7H2,1-3H3,(H,15,16). The predicted molar refractivity (Wildman–Crippen MR) is 76.7 cm³/mol. The van der Waals surface area contributed by atoms with Crippen LogP contribution in [0.3, 0.4) is 0 Å². The van der Waals surface area contributed by atoms with E-state index in [1.54, 1.807) is 0 Å². The van der Waals surface area contributed by atoms with Crippen LogP contribution in [-0.4, -0.2) is 31.2 Å². The highest BCUT2D eigenvalue weighted by molar-refractivity contribution is 7.88. The summed E-state index contributed by atoms with van der Waals surface area (Å²) in [7, 11) is -3.11. The molecule has 2 aromatic rings. The van der Waals surface area contributed by atoms with Crippen molar-refractivity contribution < 1.29 is 8.42 Å². The third kappa shape index (κ3) is 3.78. The molecule has 0 bridgehead atoms. The number of hydrogen-bond donors (Lipinski definition) is 2. The lowest BCUT2D eigenvalue weighted by atomic mass is 10.1. The lowest BCUT2D eigenvalue weighted by molar-refractivity contribution is 0.588. The normalized spacial score (nSPS) is 12.4. The van der Waals surface area contributed by atoms with Gasteiger partial charge in [0, 0.05) is 12.5 Å². The van der Waals surface area contributed by atoms with Crippen LogP contribution in [0.25, 0.3) is 11.0 Å². The molecule has 104 valence electrons. The fourth-order valence-electron chi connectivity index (χ4n) is 1.89. The Morgan fingerprint density at radius 2 is 2.11 bits per heavy atom. The number of aromatic nitrogens is 2. The van der Waals surface area contributed by atoms with Crippen LogP contribution < -0.4 is 4.72 Å². The average molecular weight is 281 g/mol. The van der Waals surface area contributed by atoms with E-state index in [1.807, 2.05) is 18.2 Å². The van der Waals surface area contributed by atoms with Gasteiger partial charge in [0.15, 0.2) is 0 Å². The maximum atomic E-state index is 11.0. The number of imidazole rings is 1. The first-order chi connectivity index (χ1) is 8.85. The van der Waals surface area contributed by atoms with Gasteiger partial charge in [-0.05, 0) is 24.1 Å². The molecule has 2 N–H and O–H groups in total. The molecule has 0 fully saturated rings. The highest BCUT2D eigenvalue weighted by Crippen LogP contribution is 2.18. The van der Waals surface area contributed by atoms with Gasteiger partial charge in [-0.1, -0.05) is 19.9 Å². The SMILES string of the molecule is CC(C)c1nc2ccc(CCNS(C)(=O)=O)cc2[nH]1. The van der Waals surface area contributed by atoms with Gasteiger partial charge in [0.05, 0.1) is 17.3 Å². The Bertz CT molecular complexity index is 674. The molecule has 0 aliphatic heterocycles. The minimum absolute atomic E-state index is 0.364. The van der Waals surface area contributed by atoms with Gasteiger partial charge >= 0.3 is 0 Å². The Kier molecular flexibility index (Phi) is 3.91. The molecule has 0 saturated carbocycles. The molecular weight excluding hydrogens is 262 g/mol. The second kappa shape index (κ2) is 5.30. The van der Waals surface area contributed by atoms with E-state index in [9.17, 15) is 8.42 Å². The number of aromatic amines is 1. The zero-order chi connectivity index (χ0) is 14.0. The quantitative estimate of drug-likeness (QED) is 0.877. The minimum atomic E-state index is -3.11. The second-order valence-electron chi connectivity index (χ2n) is 5.04. The van der Waals surface area contributed by atoms with Crippen LogP contribution in [0.1, 0.15) is 31.2 Å². The van der Waals surface area contributed by atoms with Gasteiger partial charge in [-0.15, -0.1) is 0 Å². The molecule has 1 aromatic carbocycles. The fraction of sp³-hybridized carbons (Fsp3) is 0.462. The molecule has 0 spiro atoms. The van der Waals surface area contributed by atoms with Gasteiger partial charge in [0.25, 0.3) is 0 Å². The zero-order valence-corrected chi connectivity index (χ0v) is 12.2. The fourth-order valence-corrected chi connectivity index (χ4v) is 2.36. The largest absolute Gasteiger partial charge is 0.342 e. The molecule has 1 heterocycles. The lowest BCUT2D eigenvalue weighted by Crippen LogP contribution is -2.24. The molecule has 0 saturated heterocycles. The number of rotatable bonds is 5. The highest BCUT2D eigenvalue weighted by Gasteiger charge is 2.07. The van der Waals surface area contributed by atoms with Crippen LogP contribution >= 0.6 is 0 Å². The van der Waals surface area contributed by atoms with E-state index >= 15 is 0 Å². The van der Waals surface area contributed by atoms with Crippen LogP contribution in [0.15, 0.2) is 18.2 Å². The van der Waals surface area contributed by atoms with Gasteiger partial charge in [-0.2, -0.15) is 0 Å². The summed E-state index contributed by atoms with van der Waals surface area (Å²) in [4.78, 5) is 7.80. The molecule has 19 heavy (non-hydrogen) atoms. The van der Waals surface area contributed by atoms with Crippen LogP contribution in [0.5, 0.6) is 0 Å². The summed E-state index contributed by atoms with van der Waals surface area (Å²) in [5.74, 6) is 1.34. The topological polar surface area (TPSA) is 74.8 Å². The van der Waals surface area contributed by atoms with E-state index < -0.39 is 10.0 Å². The van der Waals surface area contributed by atoms with E-state index in [4.69, 9.17) is 0 Å². The third-order valence-electron chi connectivity index (χ3n) is 2.89. The van der Waals surface area contributed by atoms with Gasteiger partial charge < -0.3 is 4.98 Å². The zero-order valence-electron chi connectivity index (χ0n) is 11.4. The van der Waals surface area contributed by atoms with Crippen molar-refractivity contribution in [2.45, 2.75) is 26.2 Å². The Balaban J connectivity index is 2.13. The number of benzene rings is 1. The van der Waals surface area contributed by atoms with Gasteiger partial charge in [0.2, 0.25) is 10.0 Å². The maximum absolute atomic E-state index is 11.0. The molecule has 0 amide bonds. The van der Waals surface area contributed by atoms with Crippen LogP contribution in [0.4, 0.5) is 0 Å². The molecule has 0 aliphatic carbocycles. The Morgan fingerprint density at radius 3 is 2.74 bits per heavy atom. The predicted octanol–water partition coefficient (Wildman–Crippen LogP) is 1.78. The van der Waals surface area contributed by atoms with Crippen molar-refractivity contribution in [1.82, 2.24) is 14.7 Å². The van der Waals surface area contributed by atoms with Crippen LogP contribution in [-0.2, 0) is 16.4 Å². The van der Waals surface area contributed by atoms with Crippen molar-refractivity contribution in [3.05, 3.63) is 29.6 Å². The first-order valence-corrected chi connectivity index (χ1v) is 8.17. The number of hydrogen-bond acceptors (Lipinski definition) is 3. The van der Waals surface area contributed by atoms with E-state index in [0.29, 0.717) is 18.9 Å². The molecule has 1 aromatic heterocycles. The highest BCUT2D eigenvalue weighted by atomic mass is 32.2. The maximum Gasteiger partial charge on any atom is 0.208 e. The van der Waals surface area contributed by atoms with Crippen molar-refractivity contribution >= 4 is 21.1 Å². The summed E-state index contributed by atoms with van der Waals surface area (Å²) in [6.07, 6.45) is 1.83. The molecule has 0 atom stereocenters. The van der Waals surface area contributed by atoms with Crippen LogP contribution in [0, 0.1) is 0 Å². The van der Waals surface area contributed by atoms with E-state index in [-0.39, 0.29) is 0 Å². The Morgan fingerprint density at radius 1 is 1.37 bits per heavy atom. The second-order valence-corrected chi connectivity index (χ2v) is 6.88. The van der Waals surface area contributed by atoms with Crippen molar-refractivity contribution in [2.24, 2.45) is 0 Å². The van der Waals surface area contributed by atoms with E-state index in [0.717, 1.165) is 22.4 Å². The number of fused-ring (bicyclic) bond motifs is 1. The third-order valence-corrected chi connectivity index (χ3v) is 3.62. The Hall–Kier alpha value is -1.40. The van der Waals surface area contributed by atoms with E-state index in [1.165, 1.54) is 6.26 Å². The summed E-state index contributed by atoms with van der Waals surface area (Å²) >= 11 is 0. The lowest BCUT2D eigenvalue weighted by Gasteiger charge is -2.02. The summed E-state index contributed by atoms with van der Waals surface area (Å²) in [6, 6.07) is 5.98. The van der Waals surface area contributed by atoms with Crippen molar-refractivity contribution in [3.63, 3.8) is 0 Å². The number of sulfonamides is 1. The molecule has 5 nitrogen and oxygen atoms in total. The van der Waals surface area contributed by atoms with Gasteiger partial charge in [0.1, 0.15) is 5.82 Å². The number of H-pyrrole nitrogens is 1. The molecular formula is C13H19N3O2S. The first kappa shape index (κ1) is 14.0. The number of nitrogens with one attached hydrogen (secondary N) is 2. The minimum Gasteiger partial charge on any atom is -0.342 e. The Labute approximate surface area is 113 Å². The summed E-state index contributed by atoms with van der Waals surface area (Å²) in [5.41, 5.74) is 3.03. The van der Waals surface area contributed by atoms with Gasteiger partial charge in [-0.3, -0.25) is 0 Å². The average Bonchev–Trinajstić information content (AvgIpc) is 2.70. The van der Waals surface area contributed by atoms with E-state index in [2.05, 4.69) is 28.5 Å². The molecule has 0 radical (unpaired) electrons.